The Morgan fingerprint density at radius 3 is 1.35 bits per heavy atom. The summed E-state index contributed by atoms with van der Waals surface area (Å²) >= 11 is 0. The van der Waals surface area contributed by atoms with E-state index in [2.05, 4.69) is 39.8 Å². The molecule has 23 heavy (non-hydrogen) atoms. The lowest BCUT2D eigenvalue weighted by atomic mass is 9.87. The van der Waals surface area contributed by atoms with Crippen molar-refractivity contribution in [3.8, 4) is 11.5 Å². The Kier molecular flexibility index (Phi) is 5.03. The van der Waals surface area contributed by atoms with Crippen molar-refractivity contribution < 1.29 is 10.2 Å². The zero-order valence-corrected chi connectivity index (χ0v) is 15.2. The summed E-state index contributed by atoms with van der Waals surface area (Å²) in [4.78, 5) is 0. The van der Waals surface area contributed by atoms with Crippen LogP contribution in [0.2, 0.25) is 0 Å². The highest BCUT2D eigenvalue weighted by atomic mass is 16.3. The standard InChI is InChI=1S/C21H28O2/c1-7-16-9-12(3)18(14(5)20(16)22)11-19-13(4)10-17(8-2)21(23)15(19)6/h9-10,22-23H,7-8,11H2,1-6H3. The highest BCUT2D eigenvalue weighted by molar-refractivity contribution is 5.54. The van der Waals surface area contributed by atoms with E-state index < -0.39 is 0 Å². The molecule has 0 aromatic heterocycles. The van der Waals surface area contributed by atoms with Crippen LogP contribution in [0.3, 0.4) is 0 Å². The summed E-state index contributed by atoms with van der Waals surface area (Å²) in [5, 5.41) is 20.8. The van der Waals surface area contributed by atoms with Crippen LogP contribution in [0.25, 0.3) is 0 Å². The first kappa shape index (κ1) is 17.4. The molecule has 0 saturated heterocycles. The van der Waals surface area contributed by atoms with Gasteiger partial charge in [0.1, 0.15) is 11.5 Å². The minimum atomic E-state index is 0.415. The molecule has 0 fully saturated rings. The average molecular weight is 312 g/mol. The lowest BCUT2D eigenvalue weighted by Crippen LogP contribution is -2.03. The molecule has 0 heterocycles. The molecule has 0 saturated carbocycles. The van der Waals surface area contributed by atoms with Gasteiger partial charge < -0.3 is 10.2 Å². The van der Waals surface area contributed by atoms with E-state index >= 15 is 0 Å². The molecule has 2 heteroatoms. The van der Waals surface area contributed by atoms with Crippen molar-refractivity contribution in [1.82, 2.24) is 0 Å². The van der Waals surface area contributed by atoms with Crippen molar-refractivity contribution in [2.75, 3.05) is 0 Å². The second-order valence-corrected chi connectivity index (χ2v) is 6.49. The monoisotopic (exact) mass is 312 g/mol. The van der Waals surface area contributed by atoms with Crippen molar-refractivity contribution in [2.24, 2.45) is 0 Å². The van der Waals surface area contributed by atoms with Crippen LogP contribution in [0, 0.1) is 27.7 Å². The Bertz CT molecular complexity index is 679. The number of phenolic OH excluding ortho intramolecular Hbond substituents is 2. The highest BCUT2D eigenvalue weighted by Gasteiger charge is 2.16. The maximum absolute atomic E-state index is 10.4. The van der Waals surface area contributed by atoms with Gasteiger partial charge in [0, 0.05) is 0 Å². The van der Waals surface area contributed by atoms with Gasteiger partial charge in [0.05, 0.1) is 0 Å². The molecule has 2 nitrogen and oxygen atoms in total. The first-order valence-corrected chi connectivity index (χ1v) is 8.43. The molecule has 0 radical (unpaired) electrons. The van der Waals surface area contributed by atoms with Crippen LogP contribution < -0.4 is 0 Å². The summed E-state index contributed by atoms with van der Waals surface area (Å²) in [6.45, 7) is 12.3. The summed E-state index contributed by atoms with van der Waals surface area (Å²) in [6, 6.07) is 4.17. The van der Waals surface area contributed by atoms with Crippen LogP contribution in [0.4, 0.5) is 0 Å². The van der Waals surface area contributed by atoms with Crippen molar-refractivity contribution in [3.63, 3.8) is 0 Å². The summed E-state index contributed by atoms with van der Waals surface area (Å²) < 4.78 is 0. The van der Waals surface area contributed by atoms with Gasteiger partial charge in [-0.15, -0.1) is 0 Å². The van der Waals surface area contributed by atoms with Gasteiger partial charge in [-0.1, -0.05) is 26.0 Å². The maximum Gasteiger partial charge on any atom is 0.121 e. The molecule has 0 aliphatic heterocycles. The van der Waals surface area contributed by atoms with E-state index in [1.165, 1.54) is 11.1 Å². The smallest absolute Gasteiger partial charge is 0.121 e. The van der Waals surface area contributed by atoms with E-state index in [9.17, 15) is 10.2 Å². The van der Waals surface area contributed by atoms with Crippen LogP contribution in [-0.4, -0.2) is 10.2 Å². The lowest BCUT2D eigenvalue weighted by Gasteiger charge is -2.19. The van der Waals surface area contributed by atoms with Gasteiger partial charge in [-0.05, 0) is 91.5 Å². The molecular formula is C21H28O2. The van der Waals surface area contributed by atoms with E-state index in [-0.39, 0.29) is 0 Å². The normalized spacial score (nSPS) is 11.0. The molecule has 0 aliphatic rings. The first-order chi connectivity index (χ1) is 10.8. The predicted octanol–water partition coefficient (Wildman–Crippen LogP) is 5.05. The second-order valence-electron chi connectivity index (χ2n) is 6.49. The minimum absolute atomic E-state index is 0.415. The quantitative estimate of drug-likeness (QED) is 0.829. The topological polar surface area (TPSA) is 40.5 Å². The van der Waals surface area contributed by atoms with E-state index in [0.29, 0.717) is 11.5 Å². The van der Waals surface area contributed by atoms with Crippen molar-refractivity contribution in [1.29, 1.82) is 0 Å². The van der Waals surface area contributed by atoms with Gasteiger partial charge in [-0.2, -0.15) is 0 Å². The molecule has 0 bridgehead atoms. The molecule has 0 atom stereocenters. The molecule has 2 N–H and O–H groups in total. The number of aromatic hydroxyl groups is 2. The Balaban J connectivity index is 2.57. The largest absolute Gasteiger partial charge is 0.507 e. The third-order valence-electron chi connectivity index (χ3n) is 5.07. The molecule has 2 aromatic rings. The Morgan fingerprint density at radius 2 is 1.04 bits per heavy atom. The fraction of sp³-hybridized carbons (Fsp3) is 0.429. The van der Waals surface area contributed by atoms with Crippen LogP contribution in [0.15, 0.2) is 12.1 Å². The van der Waals surface area contributed by atoms with E-state index in [1.807, 2.05) is 13.8 Å². The molecule has 2 aromatic carbocycles. The third kappa shape index (κ3) is 3.08. The maximum atomic E-state index is 10.4. The number of hydrogen-bond donors (Lipinski definition) is 2. The van der Waals surface area contributed by atoms with Gasteiger partial charge >= 0.3 is 0 Å². The van der Waals surface area contributed by atoms with E-state index in [0.717, 1.165) is 52.6 Å². The van der Waals surface area contributed by atoms with Crippen LogP contribution >= 0.6 is 0 Å². The third-order valence-corrected chi connectivity index (χ3v) is 5.07. The Morgan fingerprint density at radius 1 is 0.696 bits per heavy atom. The number of phenols is 2. The zero-order valence-electron chi connectivity index (χ0n) is 15.2. The van der Waals surface area contributed by atoms with Gasteiger partial charge in [0.25, 0.3) is 0 Å². The average Bonchev–Trinajstić information content (AvgIpc) is 2.53. The molecule has 2 rings (SSSR count). The van der Waals surface area contributed by atoms with Crippen molar-refractivity contribution in [2.45, 2.75) is 60.8 Å². The van der Waals surface area contributed by atoms with Crippen LogP contribution in [0.5, 0.6) is 11.5 Å². The molecule has 0 spiro atoms. The number of hydrogen-bond acceptors (Lipinski definition) is 2. The van der Waals surface area contributed by atoms with Gasteiger partial charge in [-0.3, -0.25) is 0 Å². The molecular weight excluding hydrogens is 284 g/mol. The van der Waals surface area contributed by atoms with Crippen molar-refractivity contribution in [3.05, 3.63) is 56.6 Å². The fourth-order valence-electron chi connectivity index (χ4n) is 3.45. The van der Waals surface area contributed by atoms with Gasteiger partial charge in [-0.25, -0.2) is 0 Å². The minimum Gasteiger partial charge on any atom is -0.507 e. The molecule has 124 valence electrons. The van der Waals surface area contributed by atoms with Crippen LogP contribution in [-0.2, 0) is 19.3 Å². The lowest BCUT2D eigenvalue weighted by molar-refractivity contribution is 0.462. The zero-order chi connectivity index (χ0) is 17.3. The number of aryl methyl sites for hydroxylation is 4. The molecule has 0 unspecified atom stereocenters. The Labute approximate surface area is 139 Å². The summed E-state index contributed by atoms with van der Waals surface area (Å²) in [6.07, 6.45) is 2.40. The molecule has 0 aliphatic carbocycles. The first-order valence-electron chi connectivity index (χ1n) is 8.43. The summed E-state index contributed by atoms with van der Waals surface area (Å²) in [5.74, 6) is 0.829. The predicted molar refractivity (Wildman–Crippen MR) is 96.7 cm³/mol. The second kappa shape index (κ2) is 6.66. The number of rotatable bonds is 4. The fourth-order valence-corrected chi connectivity index (χ4v) is 3.45. The SMILES string of the molecule is CCc1cc(C)c(Cc2c(C)cc(CC)c(O)c2C)c(C)c1O. The van der Waals surface area contributed by atoms with E-state index in [1.54, 1.807) is 0 Å². The van der Waals surface area contributed by atoms with Crippen LogP contribution in [0.1, 0.15) is 58.4 Å². The highest BCUT2D eigenvalue weighted by Crippen LogP contribution is 2.34. The Hall–Kier alpha value is -1.96. The molecule has 0 amide bonds. The van der Waals surface area contributed by atoms with E-state index in [4.69, 9.17) is 0 Å². The van der Waals surface area contributed by atoms with Gasteiger partial charge in [0.15, 0.2) is 0 Å². The van der Waals surface area contributed by atoms with Gasteiger partial charge in [0.2, 0.25) is 0 Å². The van der Waals surface area contributed by atoms with Crippen molar-refractivity contribution >= 4 is 0 Å². The summed E-state index contributed by atoms with van der Waals surface area (Å²) in [5.41, 5.74) is 8.65. The number of benzene rings is 2. The summed E-state index contributed by atoms with van der Waals surface area (Å²) in [7, 11) is 0.